The molecule has 2 rings (SSSR count). The molecule has 1 aromatic rings. The molecule has 0 saturated heterocycles. The van der Waals surface area contributed by atoms with Crippen LogP contribution in [0.2, 0.25) is 0 Å². The van der Waals surface area contributed by atoms with Gasteiger partial charge in [0.05, 0.1) is 0 Å². The molecule has 1 aromatic heterocycles. The van der Waals surface area contributed by atoms with Crippen LogP contribution in [0.4, 0.5) is 5.82 Å². The van der Waals surface area contributed by atoms with E-state index in [-0.39, 0.29) is 0 Å². The molecule has 0 spiro atoms. The van der Waals surface area contributed by atoms with Crippen molar-refractivity contribution in [2.45, 2.75) is 38.5 Å². The average molecular weight is 176 g/mol. The maximum atomic E-state index is 5.88. The molecule has 0 radical (unpaired) electrons. The lowest BCUT2D eigenvalue weighted by Gasteiger charge is -2.09. The van der Waals surface area contributed by atoms with E-state index in [0.717, 1.165) is 5.82 Å². The van der Waals surface area contributed by atoms with Gasteiger partial charge in [0.2, 0.25) is 0 Å². The molecular formula is C11H16N2. The summed E-state index contributed by atoms with van der Waals surface area (Å²) < 4.78 is 0. The van der Waals surface area contributed by atoms with Gasteiger partial charge < -0.3 is 5.73 Å². The Kier molecular flexibility index (Phi) is 1.98. The zero-order valence-electron chi connectivity index (χ0n) is 8.25. The van der Waals surface area contributed by atoms with Gasteiger partial charge in [-0.15, -0.1) is 0 Å². The molecule has 1 saturated carbocycles. The van der Waals surface area contributed by atoms with Crippen LogP contribution in [0.1, 0.15) is 49.8 Å². The second kappa shape index (κ2) is 3.02. The molecule has 1 aliphatic rings. The van der Waals surface area contributed by atoms with Crippen LogP contribution in [0.3, 0.4) is 0 Å². The Bertz CT molecular complexity index is 314. The van der Waals surface area contributed by atoms with Crippen LogP contribution in [0.15, 0.2) is 12.1 Å². The summed E-state index contributed by atoms with van der Waals surface area (Å²) in [6.45, 7) is 4.29. The summed E-state index contributed by atoms with van der Waals surface area (Å²) in [6, 6.07) is 4.25. The number of nitrogen functional groups attached to an aromatic ring is 1. The highest BCUT2D eigenvalue weighted by Crippen LogP contribution is 2.39. The quantitative estimate of drug-likeness (QED) is 0.752. The summed E-state index contributed by atoms with van der Waals surface area (Å²) in [6.07, 6.45) is 2.57. The van der Waals surface area contributed by atoms with E-state index in [1.807, 2.05) is 0 Å². The molecule has 0 aromatic carbocycles. The van der Waals surface area contributed by atoms with Gasteiger partial charge >= 0.3 is 0 Å². The van der Waals surface area contributed by atoms with Crippen molar-refractivity contribution in [2.24, 2.45) is 0 Å². The van der Waals surface area contributed by atoms with E-state index in [4.69, 9.17) is 5.73 Å². The molecule has 70 valence electrons. The Morgan fingerprint density at radius 3 is 2.54 bits per heavy atom. The molecule has 2 heteroatoms. The molecular weight excluding hydrogens is 160 g/mol. The summed E-state index contributed by atoms with van der Waals surface area (Å²) in [5, 5.41) is 0. The van der Waals surface area contributed by atoms with E-state index in [1.165, 1.54) is 24.1 Å². The smallest absolute Gasteiger partial charge is 0.127 e. The number of anilines is 1. The van der Waals surface area contributed by atoms with E-state index in [9.17, 15) is 0 Å². The third-order valence-electron chi connectivity index (χ3n) is 2.60. The van der Waals surface area contributed by atoms with Crippen molar-refractivity contribution < 1.29 is 0 Å². The number of hydrogen-bond donors (Lipinski definition) is 1. The predicted octanol–water partition coefficient (Wildman–Crippen LogP) is 2.66. The highest BCUT2D eigenvalue weighted by atomic mass is 14.9. The highest BCUT2D eigenvalue weighted by molar-refractivity contribution is 5.43. The number of pyridine rings is 1. The first kappa shape index (κ1) is 8.54. The van der Waals surface area contributed by atoms with Gasteiger partial charge in [-0.3, -0.25) is 0 Å². The third kappa shape index (κ3) is 1.67. The van der Waals surface area contributed by atoms with Gasteiger partial charge in [0, 0.05) is 11.6 Å². The molecule has 0 bridgehead atoms. The molecule has 0 aliphatic heterocycles. The lowest BCUT2D eigenvalue weighted by atomic mass is 10.0. The van der Waals surface area contributed by atoms with Crippen molar-refractivity contribution in [1.29, 1.82) is 0 Å². The van der Waals surface area contributed by atoms with E-state index in [1.54, 1.807) is 0 Å². The van der Waals surface area contributed by atoms with Crippen LogP contribution in [0.25, 0.3) is 0 Å². The maximum Gasteiger partial charge on any atom is 0.127 e. The van der Waals surface area contributed by atoms with Gasteiger partial charge in [-0.05, 0) is 30.4 Å². The molecule has 0 unspecified atom stereocenters. The Morgan fingerprint density at radius 1 is 1.38 bits per heavy atom. The summed E-state index contributed by atoms with van der Waals surface area (Å²) in [7, 11) is 0. The molecule has 13 heavy (non-hydrogen) atoms. The first-order valence-electron chi connectivity index (χ1n) is 4.95. The minimum Gasteiger partial charge on any atom is -0.383 e. The summed E-state index contributed by atoms with van der Waals surface area (Å²) in [5.74, 6) is 1.89. The van der Waals surface area contributed by atoms with Crippen molar-refractivity contribution in [1.82, 2.24) is 4.98 Å². The first-order valence-corrected chi connectivity index (χ1v) is 4.95. The predicted molar refractivity (Wildman–Crippen MR) is 54.7 cm³/mol. The normalized spacial score (nSPS) is 16.5. The van der Waals surface area contributed by atoms with E-state index in [2.05, 4.69) is 31.0 Å². The van der Waals surface area contributed by atoms with Crippen molar-refractivity contribution >= 4 is 5.82 Å². The van der Waals surface area contributed by atoms with Crippen LogP contribution >= 0.6 is 0 Å². The van der Waals surface area contributed by atoms with Crippen LogP contribution < -0.4 is 5.73 Å². The monoisotopic (exact) mass is 176 g/mol. The number of hydrogen-bond acceptors (Lipinski definition) is 2. The summed E-state index contributed by atoms with van der Waals surface area (Å²) >= 11 is 0. The van der Waals surface area contributed by atoms with Gasteiger partial charge in [0.25, 0.3) is 0 Å². The third-order valence-corrected chi connectivity index (χ3v) is 2.60. The van der Waals surface area contributed by atoms with Crippen LogP contribution in [0, 0.1) is 0 Å². The number of rotatable bonds is 2. The van der Waals surface area contributed by atoms with E-state index in [0.29, 0.717) is 11.8 Å². The fraction of sp³-hybridized carbons (Fsp3) is 0.545. The van der Waals surface area contributed by atoms with Gasteiger partial charge in [0.1, 0.15) is 5.82 Å². The fourth-order valence-electron chi connectivity index (χ4n) is 1.60. The number of nitrogens with two attached hydrogens (primary N) is 1. The van der Waals surface area contributed by atoms with Crippen LogP contribution in [0.5, 0.6) is 0 Å². The van der Waals surface area contributed by atoms with Gasteiger partial charge in [-0.2, -0.15) is 0 Å². The average Bonchev–Trinajstić information content (AvgIpc) is 2.85. The second-order valence-electron chi connectivity index (χ2n) is 4.14. The Hall–Kier alpha value is -1.05. The maximum absolute atomic E-state index is 5.88. The zero-order valence-corrected chi connectivity index (χ0v) is 8.25. The van der Waals surface area contributed by atoms with Crippen molar-refractivity contribution in [3.8, 4) is 0 Å². The topological polar surface area (TPSA) is 38.9 Å². The Balaban J connectivity index is 2.31. The fourth-order valence-corrected chi connectivity index (χ4v) is 1.60. The van der Waals surface area contributed by atoms with Gasteiger partial charge in [-0.1, -0.05) is 19.9 Å². The Morgan fingerprint density at radius 2 is 2.08 bits per heavy atom. The lowest BCUT2D eigenvalue weighted by Crippen LogP contribution is -2.01. The molecule has 2 nitrogen and oxygen atoms in total. The number of nitrogens with zero attached hydrogens (tertiary/aromatic N) is 1. The first-order chi connectivity index (χ1) is 6.18. The molecule has 1 fully saturated rings. The molecule has 1 aliphatic carbocycles. The van der Waals surface area contributed by atoms with Gasteiger partial charge in [0.15, 0.2) is 0 Å². The number of aromatic nitrogens is 1. The summed E-state index contributed by atoms with van der Waals surface area (Å²) in [5.41, 5.74) is 8.23. The molecule has 0 atom stereocenters. The van der Waals surface area contributed by atoms with E-state index >= 15 is 0 Å². The summed E-state index contributed by atoms with van der Waals surface area (Å²) in [4.78, 5) is 4.43. The molecule has 0 amide bonds. The largest absolute Gasteiger partial charge is 0.383 e. The minimum absolute atomic E-state index is 0.473. The van der Waals surface area contributed by atoms with Crippen molar-refractivity contribution in [2.75, 3.05) is 5.73 Å². The molecule has 1 heterocycles. The van der Waals surface area contributed by atoms with Crippen molar-refractivity contribution in [3.63, 3.8) is 0 Å². The SMILES string of the molecule is CC(C)c1ccc(C2CC2)nc1N. The zero-order chi connectivity index (χ0) is 9.42. The standard InChI is InChI=1S/C11H16N2/c1-7(2)9-5-6-10(8-3-4-8)13-11(9)12/h5-8H,3-4H2,1-2H3,(H2,12,13). The minimum atomic E-state index is 0.473. The van der Waals surface area contributed by atoms with Gasteiger partial charge in [-0.25, -0.2) is 4.98 Å². The van der Waals surface area contributed by atoms with E-state index < -0.39 is 0 Å². The lowest BCUT2D eigenvalue weighted by molar-refractivity contribution is 0.856. The second-order valence-corrected chi connectivity index (χ2v) is 4.14. The van der Waals surface area contributed by atoms with Crippen LogP contribution in [-0.4, -0.2) is 4.98 Å². The van der Waals surface area contributed by atoms with Crippen molar-refractivity contribution in [3.05, 3.63) is 23.4 Å². The van der Waals surface area contributed by atoms with Crippen LogP contribution in [-0.2, 0) is 0 Å². The Labute approximate surface area is 79.2 Å². The molecule has 2 N–H and O–H groups in total. The highest BCUT2D eigenvalue weighted by Gasteiger charge is 2.25.